The fourth-order valence-corrected chi connectivity index (χ4v) is 1.19. The maximum absolute atomic E-state index is 12.8. The van der Waals surface area contributed by atoms with Gasteiger partial charge in [-0.15, -0.1) is 5.10 Å². The van der Waals surface area contributed by atoms with Gasteiger partial charge in [-0.25, -0.2) is 9.07 Å². The molecule has 2 N–H and O–H groups in total. The molecule has 0 saturated carbocycles. The number of rotatable bonds is 1. The number of anilines is 1. The first kappa shape index (κ1) is 8.61. The zero-order valence-electron chi connectivity index (χ0n) is 7.48. The zero-order chi connectivity index (χ0) is 10.1. The lowest BCUT2D eigenvalue weighted by atomic mass is 10.1. The standard InChI is InChI=1S/C8H8FN5/c1-14-8(11-12-13-14)6-3-2-5(9)4-7(6)10/h2-4H,10H2,1H3. The highest BCUT2D eigenvalue weighted by Gasteiger charge is 2.09. The van der Waals surface area contributed by atoms with E-state index in [4.69, 9.17) is 5.73 Å². The lowest BCUT2D eigenvalue weighted by Gasteiger charge is -2.02. The van der Waals surface area contributed by atoms with E-state index in [1.54, 1.807) is 13.1 Å². The van der Waals surface area contributed by atoms with Crippen molar-refractivity contribution in [2.24, 2.45) is 7.05 Å². The monoisotopic (exact) mass is 193 g/mol. The Balaban J connectivity index is 2.58. The molecule has 0 aliphatic carbocycles. The van der Waals surface area contributed by atoms with E-state index in [0.717, 1.165) is 0 Å². The summed E-state index contributed by atoms with van der Waals surface area (Å²) in [5.74, 6) is 0.142. The van der Waals surface area contributed by atoms with Crippen molar-refractivity contribution in [3.8, 4) is 11.4 Å². The van der Waals surface area contributed by atoms with Gasteiger partial charge in [0.1, 0.15) is 5.82 Å². The molecule has 14 heavy (non-hydrogen) atoms. The van der Waals surface area contributed by atoms with Crippen LogP contribution in [0.5, 0.6) is 0 Å². The number of benzene rings is 1. The minimum Gasteiger partial charge on any atom is -0.398 e. The molecular formula is C8H8FN5. The van der Waals surface area contributed by atoms with Crippen LogP contribution in [0.3, 0.4) is 0 Å². The Morgan fingerprint density at radius 3 is 2.79 bits per heavy atom. The van der Waals surface area contributed by atoms with Crippen molar-refractivity contribution < 1.29 is 4.39 Å². The number of aryl methyl sites for hydroxylation is 1. The molecule has 2 rings (SSSR count). The molecule has 0 saturated heterocycles. The van der Waals surface area contributed by atoms with Gasteiger partial charge in [-0.1, -0.05) is 0 Å². The number of tetrazole rings is 1. The minimum absolute atomic E-state index is 0.322. The van der Waals surface area contributed by atoms with E-state index in [1.807, 2.05) is 0 Å². The molecule has 0 radical (unpaired) electrons. The smallest absolute Gasteiger partial charge is 0.183 e. The van der Waals surface area contributed by atoms with Crippen LogP contribution in [-0.2, 0) is 7.05 Å². The van der Waals surface area contributed by atoms with E-state index < -0.39 is 0 Å². The normalized spacial score (nSPS) is 10.4. The van der Waals surface area contributed by atoms with Crippen LogP contribution in [0.15, 0.2) is 18.2 Å². The number of nitrogen functional groups attached to an aromatic ring is 1. The van der Waals surface area contributed by atoms with E-state index in [1.165, 1.54) is 16.8 Å². The van der Waals surface area contributed by atoms with Crippen molar-refractivity contribution >= 4 is 5.69 Å². The molecule has 0 spiro atoms. The number of nitrogens with two attached hydrogens (primary N) is 1. The summed E-state index contributed by atoms with van der Waals surface area (Å²) in [6, 6.07) is 4.11. The fraction of sp³-hybridized carbons (Fsp3) is 0.125. The van der Waals surface area contributed by atoms with Gasteiger partial charge in [-0.05, 0) is 28.6 Å². The molecule has 0 aliphatic rings. The summed E-state index contributed by atoms with van der Waals surface area (Å²) >= 11 is 0. The molecule has 0 fully saturated rings. The summed E-state index contributed by atoms with van der Waals surface area (Å²) in [6.07, 6.45) is 0. The second-order valence-electron chi connectivity index (χ2n) is 2.86. The molecule has 0 atom stereocenters. The second kappa shape index (κ2) is 3.06. The second-order valence-corrected chi connectivity index (χ2v) is 2.86. The van der Waals surface area contributed by atoms with Crippen LogP contribution in [0, 0.1) is 5.82 Å². The molecule has 6 heteroatoms. The van der Waals surface area contributed by atoms with Gasteiger partial charge in [-0.3, -0.25) is 0 Å². The molecule has 1 heterocycles. The molecule has 0 amide bonds. The Labute approximate surface area is 79.3 Å². The van der Waals surface area contributed by atoms with Crippen LogP contribution in [0.2, 0.25) is 0 Å². The van der Waals surface area contributed by atoms with Gasteiger partial charge in [0.2, 0.25) is 0 Å². The Morgan fingerprint density at radius 1 is 1.43 bits per heavy atom. The van der Waals surface area contributed by atoms with Crippen LogP contribution >= 0.6 is 0 Å². The Morgan fingerprint density at radius 2 is 2.21 bits per heavy atom. The van der Waals surface area contributed by atoms with Crippen LogP contribution < -0.4 is 5.73 Å². The zero-order valence-corrected chi connectivity index (χ0v) is 7.48. The molecule has 72 valence electrons. The molecule has 5 nitrogen and oxygen atoms in total. The van der Waals surface area contributed by atoms with Crippen molar-refractivity contribution in [2.45, 2.75) is 0 Å². The van der Waals surface area contributed by atoms with Crippen LogP contribution in [0.25, 0.3) is 11.4 Å². The first-order valence-corrected chi connectivity index (χ1v) is 3.96. The van der Waals surface area contributed by atoms with Gasteiger partial charge >= 0.3 is 0 Å². The van der Waals surface area contributed by atoms with Gasteiger partial charge in [0.25, 0.3) is 0 Å². The summed E-state index contributed by atoms with van der Waals surface area (Å²) in [4.78, 5) is 0. The third kappa shape index (κ3) is 1.30. The summed E-state index contributed by atoms with van der Waals surface area (Å²) in [6.45, 7) is 0. The SMILES string of the molecule is Cn1nnnc1-c1ccc(F)cc1N. The van der Waals surface area contributed by atoms with Crippen molar-refractivity contribution in [2.75, 3.05) is 5.73 Å². The summed E-state index contributed by atoms with van der Waals surface area (Å²) < 4.78 is 14.2. The van der Waals surface area contributed by atoms with E-state index in [-0.39, 0.29) is 5.82 Å². The van der Waals surface area contributed by atoms with E-state index in [0.29, 0.717) is 17.1 Å². The third-order valence-corrected chi connectivity index (χ3v) is 1.87. The van der Waals surface area contributed by atoms with Crippen LogP contribution in [-0.4, -0.2) is 20.2 Å². The Hall–Kier alpha value is -1.98. The quantitative estimate of drug-likeness (QED) is 0.673. The first-order valence-electron chi connectivity index (χ1n) is 3.96. The molecule has 0 unspecified atom stereocenters. The van der Waals surface area contributed by atoms with Crippen molar-refractivity contribution in [3.05, 3.63) is 24.0 Å². The highest BCUT2D eigenvalue weighted by atomic mass is 19.1. The lowest BCUT2D eigenvalue weighted by Crippen LogP contribution is -1.98. The summed E-state index contributed by atoms with van der Waals surface area (Å²) in [7, 11) is 1.69. The summed E-state index contributed by atoms with van der Waals surface area (Å²) in [5.41, 5.74) is 6.58. The largest absolute Gasteiger partial charge is 0.398 e. The Kier molecular flexibility index (Phi) is 1.88. The number of nitrogens with zero attached hydrogens (tertiary/aromatic N) is 4. The molecule has 0 bridgehead atoms. The number of hydrogen-bond donors (Lipinski definition) is 1. The van der Waals surface area contributed by atoms with Gasteiger partial charge in [0.05, 0.1) is 0 Å². The highest BCUT2D eigenvalue weighted by Crippen LogP contribution is 2.23. The number of halogens is 1. The average Bonchev–Trinajstić information content (AvgIpc) is 2.52. The number of aromatic nitrogens is 4. The third-order valence-electron chi connectivity index (χ3n) is 1.87. The summed E-state index contributed by atoms with van der Waals surface area (Å²) in [5, 5.41) is 10.9. The van der Waals surface area contributed by atoms with Gasteiger partial charge in [0, 0.05) is 18.3 Å². The van der Waals surface area contributed by atoms with E-state index in [9.17, 15) is 4.39 Å². The van der Waals surface area contributed by atoms with Crippen molar-refractivity contribution in [3.63, 3.8) is 0 Å². The maximum Gasteiger partial charge on any atom is 0.183 e. The first-order chi connectivity index (χ1) is 6.68. The Bertz CT molecular complexity index is 465. The fourth-order valence-electron chi connectivity index (χ4n) is 1.19. The predicted molar refractivity (Wildman–Crippen MR) is 48.6 cm³/mol. The van der Waals surface area contributed by atoms with Gasteiger partial charge in [0.15, 0.2) is 5.82 Å². The van der Waals surface area contributed by atoms with E-state index >= 15 is 0 Å². The van der Waals surface area contributed by atoms with Crippen molar-refractivity contribution in [1.29, 1.82) is 0 Å². The molecule has 1 aromatic carbocycles. The predicted octanol–water partition coefficient (Wildman–Crippen LogP) is 0.598. The molecule has 0 aliphatic heterocycles. The number of hydrogen-bond acceptors (Lipinski definition) is 4. The molecular weight excluding hydrogens is 185 g/mol. The van der Waals surface area contributed by atoms with E-state index in [2.05, 4.69) is 15.5 Å². The topological polar surface area (TPSA) is 69.6 Å². The average molecular weight is 193 g/mol. The van der Waals surface area contributed by atoms with Crippen LogP contribution in [0.4, 0.5) is 10.1 Å². The maximum atomic E-state index is 12.8. The van der Waals surface area contributed by atoms with Gasteiger partial charge in [-0.2, -0.15) is 0 Å². The highest BCUT2D eigenvalue weighted by molar-refractivity contribution is 5.71. The van der Waals surface area contributed by atoms with Gasteiger partial charge < -0.3 is 5.73 Å². The molecule has 2 aromatic rings. The minimum atomic E-state index is -0.374. The lowest BCUT2D eigenvalue weighted by molar-refractivity contribution is 0.628. The van der Waals surface area contributed by atoms with Crippen LogP contribution in [0.1, 0.15) is 0 Å². The van der Waals surface area contributed by atoms with Crippen molar-refractivity contribution in [1.82, 2.24) is 20.2 Å². The molecule has 1 aromatic heterocycles.